The molecule has 0 amide bonds. The third-order valence-corrected chi connectivity index (χ3v) is 5.15. The minimum atomic E-state index is -1.82. The molecule has 2 N–H and O–H groups in total. The zero-order valence-electron chi connectivity index (χ0n) is 18.6. The third kappa shape index (κ3) is 10.3. The van der Waals surface area contributed by atoms with Crippen LogP contribution in [0.15, 0.2) is 35.9 Å². The summed E-state index contributed by atoms with van der Waals surface area (Å²) >= 11 is 0. The Kier molecular flexibility index (Phi) is 12.9. The topological polar surface area (TPSA) is 104 Å². The van der Waals surface area contributed by atoms with Crippen molar-refractivity contribution in [1.82, 2.24) is 4.90 Å². The molecule has 0 unspecified atom stereocenters. The van der Waals surface area contributed by atoms with Crippen molar-refractivity contribution in [3.05, 3.63) is 41.5 Å². The summed E-state index contributed by atoms with van der Waals surface area (Å²) in [7, 11) is 0. The maximum atomic E-state index is 12.7. The number of carboxylic acids is 2. The smallest absolute Gasteiger partial charge is 0.414 e. The van der Waals surface area contributed by atoms with E-state index in [2.05, 4.69) is 30.9 Å². The maximum Gasteiger partial charge on any atom is 0.414 e. The number of rotatable bonds is 10. The molecule has 1 heterocycles. The molecule has 1 aliphatic rings. The number of hydrogen-bond donors (Lipinski definition) is 2. The van der Waals surface area contributed by atoms with Gasteiger partial charge in [-0.1, -0.05) is 76.3 Å². The largest absolute Gasteiger partial charge is 0.473 e. The summed E-state index contributed by atoms with van der Waals surface area (Å²) in [4.78, 5) is 33.2. The van der Waals surface area contributed by atoms with E-state index in [4.69, 9.17) is 24.5 Å². The first-order chi connectivity index (χ1) is 14.9. The SMILES string of the molecule is CCCCCCCCOC(=O)C1=C(c2ccccc2)CCN(CC)C1.O=C(O)C(=O)O. The van der Waals surface area contributed by atoms with E-state index in [9.17, 15) is 4.79 Å². The van der Waals surface area contributed by atoms with E-state index in [1.54, 1.807) is 0 Å². The van der Waals surface area contributed by atoms with Crippen LogP contribution < -0.4 is 0 Å². The highest BCUT2D eigenvalue weighted by atomic mass is 16.5. The number of unbranched alkanes of at least 4 members (excludes halogenated alkanes) is 5. The Morgan fingerprint density at radius 3 is 2.13 bits per heavy atom. The molecule has 0 aliphatic carbocycles. The van der Waals surface area contributed by atoms with Gasteiger partial charge in [0.05, 0.1) is 12.2 Å². The Morgan fingerprint density at radius 2 is 1.55 bits per heavy atom. The molecule has 0 aromatic heterocycles. The monoisotopic (exact) mass is 433 g/mol. The highest BCUT2D eigenvalue weighted by molar-refractivity contribution is 6.27. The number of likely N-dealkylation sites (N-methyl/N-ethyl adjacent to an activating group) is 1. The van der Waals surface area contributed by atoms with Gasteiger partial charge in [-0.25, -0.2) is 14.4 Å². The predicted octanol–water partition coefficient (Wildman–Crippen LogP) is 4.23. The third-order valence-electron chi connectivity index (χ3n) is 5.15. The summed E-state index contributed by atoms with van der Waals surface area (Å²) in [6.07, 6.45) is 8.14. The van der Waals surface area contributed by atoms with Gasteiger partial charge in [-0.3, -0.25) is 4.90 Å². The second-order valence-electron chi connectivity index (χ2n) is 7.46. The fourth-order valence-electron chi connectivity index (χ4n) is 3.37. The minimum absolute atomic E-state index is 0.120. The Morgan fingerprint density at radius 1 is 0.935 bits per heavy atom. The molecule has 1 aromatic carbocycles. The molecule has 31 heavy (non-hydrogen) atoms. The normalized spacial score (nSPS) is 13.9. The quantitative estimate of drug-likeness (QED) is 0.323. The van der Waals surface area contributed by atoms with E-state index >= 15 is 0 Å². The van der Waals surface area contributed by atoms with Crippen LogP contribution >= 0.6 is 0 Å². The fourth-order valence-corrected chi connectivity index (χ4v) is 3.37. The standard InChI is InChI=1S/C22H33NO2.C2H2O4/c1-3-5-6-7-8-12-17-25-22(24)21-18-23(4-2)16-15-20(21)19-13-10-9-11-14-19;3-1(4)2(5)6/h9-11,13-14H,3-8,12,15-18H2,1-2H3;(H,3,4)(H,5,6). The molecular formula is C24H35NO6. The van der Waals surface area contributed by atoms with E-state index in [0.29, 0.717) is 13.2 Å². The van der Waals surface area contributed by atoms with Gasteiger partial charge in [0.1, 0.15) is 0 Å². The number of carboxylic acid groups (broad SMARTS) is 2. The molecule has 1 aromatic rings. The number of aliphatic carboxylic acids is 2. The first-order valence-corrected chi connectivity index (χ1v) is 11.0. The summed E-state index contributed by atoms with van der Waals surface area (Å²) in [5.41, 5.74) is 3.17. The van der Waals surface area contributed by atoms with Crippen LogP contribution in [0.2, 0.25) is 0 Å². The lowest BCUT2D eigenvalue weighted by Gasteiger charge is -2.29. The lowest BCUT2D eigenvalue weighted by molar-refractivity contribution is -0.159. The molecule has 1 aliphatic heterocycles. The number of nitrogens with zero attached hydrogens (tertiary/aromatic N) is 1. The van der Waals surface area contributed by atoms with Crippen molar-refractivity contribution < 1.29 is 29.3 Å². The van der Waals surface area contributed by atoms with E-state index in [1.807, 2.05) is 18.2 Å². The van der Waals surface area contributed by atoms with Gasteiger partial charge in [0.25, 0.3) is 0 Å². The van der Waals surface area contributed by atoms with Crippen LogP contribution in [0.25, 0.3) is 5.57 Å². The van der Waals surface area contributed by atoms with Gasteiger partial charge in [0.2, 0.25) is 0 Å². The number of esters is 1. The van der Waals surface area contributed by atoms with Crippen LogP contribution in [-0.4, -0.2) is 59.3 Å². The summed E-state index contributed by atoms with van der Waals surface area (Å²) in [6, 6.07) is 10.3. The predicted molar refractivity (Wildman–Crippen MR) is 120 cm³/mol. The van der Waals surface area contributed by atoms with E-state index in [1.165, 1.54) is 31.3 Å². The van der Waals surface area contributed by atoms with Crippen molar-refractivity contribution in [3.63, 3.8) is 0 Å². The Bertz CT molecular complexity index is 717. The zero-order valence-corrected chi connectivity index (χ0v) is 18.6. The fraction of sp³-hybridized carbons (Fsp3) is 0.542. The molecule has 0 spiro atoms. The molecule has 0 bridgehead atoms. The average Bonchev–Trinajstić information content (AvgIpc) is 2.78. The summed E-state index contributed by atoms with van der Waals surface area (Å²) < 4.78 is 5.61. The summed E-state index contributed by atoms with van der Waals surface area (Å²) in [6.45, 7) is 7.60. The van der Waals surface area contributed by atoms with Gasteiger partial charge < -0.3 is 14.9 Å². The van der Waals surface area contributed by atoms with Crippen molar-refractivity contribution in [3.8, 4) is 0 Å². The molecule has 0 atom stereocenters. The molecule has 0 fully saturated rings. The van der Waals surface area contributed by atoms with Crippen LogP contribution in [-0.2, 0) is 19.1 Å². The molecule has 0 saturated carbocycles. The number of carbonyl (C=O) groups is 3. The van der Waals surface area contributed by atoms with Gasteiger partial charge >= 0.3 is 17.9 Å². The van der Waals surface area contributed by atoms with E-state index in [0.717, 1.165) is 43.5 Å². The average molecular weight is 434 g/mol. The highest BCUT2D eigenvalue weighted by Gasteiger charge is 2.24. The lowest BCUT2D eigenvalue weighted by Crippen LogP contribution is -2.34. The van der Waals surface area contributed by atoms with Gasteiger partial charge in [-0.05, 0) is 30.5 Å². The number of benzene rings is 1. The van der Waals surface area contributed by atoms with E-state index in [-0.39, 0.29) is 5.97 Å². The molecule has 7 nitrogen and oxygen atoms in total. The summed E-state index contributed by atoms with van der Waals surface area (Å²) in [5.74, 6) is -3.77. The summed E-state index contributed by atoms with van der Waals surface area (Å²) in [5, 5.41) is 14.8. The van der Waals surface area contributed by atoms with Crippen molar-refractivity contribution in [2.75, 3.05) is 26.2 Å². The second kappa shape index (κ2) is 15.2. The molecule has 0 saturated heterocycles. The van der Waals surface area contributed by atoms with Crippen LogP contribution in [0.5, 0.6) is 0 Å². The van der Waals surface area contributed by atoms with Crippen LogP contribution in [0.1, 0.15) is 64.4 Å². The van der Waals surface area contributed by atoms with Crippen molar-refractivity contribution >= 4 is 23.5 Å². The van der Waals surface area contributed by atoms with Crippen molar-refractivity contribution in [2.24, 2.45) is 0 Å². The van der Waals surface area contributed by atoms with Crippen LogP contribution in [0, 0.1) is 0 Å². The highest BCUT2D eigenvalue weighted by Crippen LogP contribution is 2.28. The Balaban J connectivity index is 0.000000703. The van der Waals surface area contributed by atoms with E-state index < -0.39 is 11.9 Å². The van der Waals surface area contributed by atoms with Gasteiger partial charge in [0, 0.05) is 13.1 Å². The van der Waals surface area contributed by atoms with Crippen molar-refractivity contribution in [2.45, 2.75) is 58.8 Å². The first kappa shape index (κ1) is 26.4. The van der Waals surface area contributed by atoms with Gasteiger partial charge in [0.15, 0.2) is 0 Å². The Labute approximate surface area is 184 Å². The first-order valence-electron chi connectivity index (χ1n) is 11.0. The minimum Gasteiger partial charge on any atom is -0.473 e. The van der Waals surface area contributed by atoms with Crippen LogP contribution in [0.4, 0.5) is 0 Å². The van der Waals surface area contributed by atoms with Crippen molar-refractivity contribution in [1.29, 1.82) is 0 Å². The Hall–Kier alpha value is -2.67. The van der Waals surface area contributed by atoms with Crippen LogP contribution in [0.3, 0.4) is 0 Å². The number of hydrogen-bond acceptors (Lipinski definition) is 5. The number of carbonyl (C=O) groups excluding carboxylic acids is 1. The maximum absolute atomic E-state index is 12.7. The van der Waals surface area contributed by atoms with Gasteiger partial charge in [-0.2, -0.15) is 0 Å². The van der Waals surface area contributed by atoms with Gasteiger partial charge in [-0.15, -0.1) is 0 Å². The second-order valence-corrected chi connectivity index (χ2v) is 7.46. The molecular weight excluding hydrogens is 398 g/mol. The number of ether oxygens (including phenoxy) is 1. The molecule has 0 radical (unpaired) electrons. The molecule has 2 rings (SSSR count). The lowest BCUT2D eigenvalue weighted by atomic mass is 9.93. The zero-order chi connectivity index (χ0) is 23.1. The molecule has 7 heteroatoms. The molecule has 172 valence electrons.